The van der Waals surface area contributed by atoms with Crippen LogP contribution in [0, 0.1) is 20.8 Å². The average molecular weight is 264 g/mol. The predicted molar refractivity (Wildman–Crippen MR) is 74.5 cm³/mol. The zero-order valence-electron chi connectivity index (χ0n) is 11.7. The maximum absolute atomic E-state index is 11.8. The number of carboxylic acid groups (broad SMARTS) is 1. The molecule has 5 nitrogen and oxygen atoms in total. The van der Waals surface area contributed by atoms with E-state index < -0.39 is 18.0 Å². The fourth-order valence-electron chi connectivity index (χ4n) is 2.02. The summed E-state index contributed by atoms with van der Waals surface area (Å²) in [5.41, 5.74) is 3.76. The van der Waals surface area contributed by atoms with Crippen molar-refractivity contribution in [2.24, 2.45) is 0 Å². The minimum Gasteiger partial charge on any atom is -0.480 e. The zero-order valence-corrected chi connectivity index (χ0v) is 11.7. The van der Waals surface area contributed by atoms with Crippen molar-refractivity contribution in [2.45, 2.75) is 40.2 Å². The Bertz CT molecular complexity index is 474. The first-order chi connectivity index (χ1) is 8.85. The van der Waals surface area contributed by atoms with E-state index >= 15 is 0 Å². The highest BCUT2D eigenvalue weighted by Crippen LogP contribution is 2.21. The second-order valence-electron chi connectivity index (χ2n) is 4.67. The van der Waals surface area contributed by atoms with Crippen LogP contribution >= 0.6 is 0 Å². The topological polar surface area (TPSA) is 78.4 Å². The molecule has 5 heteroatoms. The number of benzene rings is 1. The number of hydrogen-bond donors (Lipinski definition) is 3. The van der Waals surface area contributed by atoms with Crippen LogP contribution in [-0.2, 0) is 4.79 Å². The predicted octanol–water partition coefficient (Wildman–Crippen LogP) is 2.60. The minimum atomic E-state index is -1.03. The summed E-state index contributed by atoms with van der Waals surface area (Å²) < 4.78 is 0. The van der Waals surface area contributed by atoms with Gasteiger partial charge in [-0.1, -0.05) is 24.6 Å². The summed E-state index contributed by atoms with van der Waals surface area (Å²) in [7, 11) is 0. The Morgan fingerprint density at radius 1 is 1.21 bits per heavy atom. The lowest BCUT2D eigenvalue weighted by Crippen LogP contribution is -2.42. The van der Waals surface area contributed by atoms with E-state index in [1.807, 2.05) is 32.9 Å². The molecule has 0 bridgehead atoms. The number of anilines is 1. The number of carbonyl (C=O) groups is 2. The fraction of sp³-hybridized carbons (Fsp3) is 0.429. The third-order valence-electron chi connectivity index (χ3n) is 2.93. The molecule has 1 aromatic rings. The standard InChI is InChI=1S/C14H20N2O3/c1-5-11(13(17)18)15-14(19)16-12-9(3)6-8(2)7-10(12)4/h6-7,11H,5H2,1-4H3,(H,17,18)(H2,15,16,19)/t11-/m1/s1. The fourth-order valence-corrected chi connectivity index (χ4v) is 2.02. The number of nitrogens with one attached hydrogen (secondary N) is 2. The quantitative estimate of drug-likeness (QED) is 0.782. The molecule has 0 saturated carbocycles. The zero-order chi connectivity index (χ0) is 14.6. The molecule has 1 aromatic carbocycles. The molecule has 0 saturated heterocycles. The van der Waals surface area contributed by atoms with E-state index in [1.54, 1.807) is 6.92 Å². The summed E-state index contributed by atoms with van der Waals surface area (Å²) in [4.78, 5) is 22.6. The van der Waals surface area contributed by atoms with Gasteiger partial charge in [-0.05, 0) is 38.3 Å². The number of rotatable bonds is 4. The third kappa shape index (κ3) is 3.98. The molecule has 0 spiro atoms. The summed E-state index contributed by atoms with van der Waals surface area (Å²) in [5, 5.41) is 14.0. The van der Waals surface area contributed by atoms with Crippen molar-refractivity contribution in [3.63, 3.8) is 0 Å². The Hall–Kier alpha value is -2.04. The van der Waals surface area contributed by atoms with Crippen molar-refractivity contribution in [3.05, 3.63) is 28.8 Å². The highest BCUT2D eigenvalue weighted by molar-refractivity contribution is 5.93. The van der Waals surface area contributed by atoms with Crippen molar-refractivity contribution >= 4 is 17.7 Å². The molecular formula is C14H20N2O3. The molecule has 1 atom stereocenters. The van der Waals surface area contributed by atoms with Gasteiger partial charge < -0.3 is 15.7 Å². The average Bonchev–Trinajstić information content (AvgIpc) is 2.30. The van der Waals surface area contributed by atoms with Crippen LogP contribution < -0.4 is 10.6 Å². The molecule has 0 aliphatic rings. The lowest BCUT2D eigenvalue weighted by Gasteiger charge is -2.16. The van der Waals surface area contributed by atoms with Crippen LogP contribution in [0.5, 0.6) is 0 Å². The van der Waals surface area contributed by atoms with Crippen molar-refractivity contribution in [1.29, 1.82) is 0 Å². The molecule has 2 amide bonds. The van der Waals surface area contributed by atoms with E-state index in [9.17, 15) is 9.59 Å². The van der Waals surface area contributed by atoms with Crippen LogP contribution in [0.1, 0.15) is 30.0 Å². The van der Waals surface area contributed by atoms with E-state index in [2.05, 4.69) is 10.6 Å². The first kappa shape index (κ1) is 15.0. The van der Waals surface area contributed by atoms with Crippen molar-refractivity contribution in [1.82, 2.24) is 5.32 Å². The molecule has 3 N–H and O–H groups in total. The van der Waals surface area contributed by atoms with E-state index in [4.69, 9.17) is 5.11 Å². The van der Waals surface area contributed by atoms with Crippen LogP contribution in [0.4, 0.5) is 10.5 Å². The molecule has 0 heterocycles. The lowest BCUT2D eigenvalue weighted by molar-refractivity contribution is -0.139. The molecule has 104 valence electrons. The molecule has 0 unspecified atom stereocenters. The first-order valence-electron chi connectivity index (χ1n) is 6.23. The van der Waals surface area contributed by atoms with Crippen LogP contribution in [0.15, 0.2) is 12.1 Å². The van der Waals surface area contributed by atoms with Gasteiger partial charge in [0.15, 0.2) is 0 Å². The highest BCUT2D eigenvalue weighted by atomic mass is 16.4. The highest BCUT2D eigenvalue weighted by Gasteiger charge is 2.18. The van der Waals surface area contributed by atoms with Gasteiger partial charge in [0.05, 0.1) is 0 Å². The van der Waals surface area contributed by atoms with Gasteiger partial charge in [0.1, 0.15) is 6.04 Å². The van der Waals surface area contributed by atoms with Gasteiger partial charge in [0.25, 0.3) is 0 Å². The molecule has 1 rings (SSSR count). The van der Waals surface area contributed by atoms with Gasteiger partial charge in [-0.2, -0.15) is 0 Å². The van der Waals surface area contributed by atoms with E-state index in [0.717, 1.165) is 22.4 Å². The second-order valence-corrected chi connectivity index (χ2v) is 4.67. The molecule has 0 aromatic heterocycles. The Labute approximate surface area is 113 Å². The Morgan fingerprint density at radius 2 is 1.74 bits per heavy atom. The number of urea groups is 1. The van der Waals surface area contributed by atoms with Crippen LogP contribution in [-0.4, -0.2) is 23.1 Å². The van der Waals surface area contributed by atoms with Crippen LogP contribution in [0.2, 0.25) is 0 Å². The van der Waals surface area contributed by atoms with Gasteiger partial charge in [0, 0.05) is 5.69 Å². The monoisotopic (exact) mass is 264 g/mol. The smallest absolute Gasteiger partial charge is 0.326 e. The van der Waals surface area contributed by atoms with Crippen LogP contribution in [0.25, 0.3) is 0 Å². The van der Waals surface area contributed by atoms with Gasteiger partial charge >= 0.3 is 12.0 Å². The molecule has 0 radical (unpaired) electrons. The molecule has 0 fully saturated rings. The summed E-state index contributed by atoms with van der Waals surface area (Å²) >= 11 is 0. The Morgan fingerprint density at radius 3 is 2.16 bits per heavy atom. The molecular weight excluding hydrogens is 244 g/mol. The van der Waals surface area contributed by atoms with Crippen molar-refractivity contribution in [3.8, 4) is 0 Å². The minimum absolute atomic E-state index is 0.342. The molecule has 19 heavy (non-hydrogen) atoms. The lowest BCUT2D eigenvalue weighted by atomic mass is 10.1. The SMILES string of the molecule is CC[C@@H](NC(=O)Nc1c(C)cc(C)cc1C)C(=O)O. The van der Waals surface area contributed by atoms with Gasteiger partial charge in [0.2, 0.25) is 0 Å². The second kappa shape index (κ2) is 6.22. The van der Waals surface area contributed by atoms with Gasteiger partial charge in [-0.15, -0.1) is 0 Å². The number of hydrogen-bond acceptors (Lipinski definition) is 2. The number of amides is 2. The number of aryl methyl sites for hydroxylation is 3. The Kier molecular flexibility index (Phi) is 4.92. The van der Waals surface area contributed by atoms with Gasteiger partial charge in [-0.25, -0.2) is 9.59 Å². The van der Waals surface area contributed by atoms with E-state index in [0.29, 0.717) is 6.42 Å². The van der Waals surface area contributed by atoms with E-state index in [1.165, 1.54) is 0 Å². The first-order valence-corrected chi connectivity index (χ1v) is 6.23. The van der Waals surface area contributed by atoms with Crippen molar-refractivity contribution in [2.75, 3.05) is 5.32 Å². The van der Waals surface area contributed by atoms with Crippen molar-refractivity contribution < 1.29 is 14.7 Å². The maximum atomic E-state index is 11.8. The molecule has 0 aliphatic carbocycles. The number of carboxylic acids is 1. The van der Waals surface area contributed by atoms with E-state index in [-0.39, 0.29) is 0 Å². The number of aliphatic carboxylic acids is 1. The third-order valence-corrected chi connectivity index (χ3v) is 2.93. The molecule has 0 aliphatic heterocycles. The maximum Gasteiger partial charge on any atom is 0.326 e. The van der Waals surface area contributed by atoms with Crippen LogP contribution in [0.3, 0.4) is 0 Å². The van der Waals surface area contributed by atoms with Gasteiger partial charge in [-0.3, -0.25) is 0 Å². The number of carbonyl (C=O) groups excluding carboxylic acids is 1. The summed E-state index contributed by atoms with van der Waals surface area (Å²) in [6.07, 6.45) is 0.342. The largest absolute Gasteiger partial charge is 0.480 e. The summed E-state index contributed by atoms with van der Waals surface area (Å²) in [6.45, 7) is 7.51. The Balaban J connectivity index is 2.80. The normalized spacial score (nSPS) is 11.8. The summed E-state index contributed by atoms with van der Waals surface area (Å²) in [5.74, 6) is -1.03. The summed E-state index contributed by atoms with van der Waals surface area (Å²) in [6, 6.07) is 2.57.